The molecule has 3 N–H and O–H groups in total. The highest BCUT2D eigenvalue weighted by Gasteiger charge is 2.16. The molecular weight excluding hydrogens is 276 g/mol. The fourth-order valence-corrected chi connectivity index (χ4v) is 3.15. The number of aryl methyl sites for hydroxylation is 2. The topological polar surface area (TPSA) is 81.1 Å². The van der Waals surface area contributed by atoms with Crippen LogP contribution in [-0.2, 0) is 19.4 Å². The van der Waals surface area contributed by atoms with Crippen LogP contribution in [0.1, 0.15) is 56.6 Å². The molecule has 1 saturated carbocycles. The molecule has 0 atom stereocenters. The van der Waals surface area contributed by atoms with E-state index in [4.69, 9.17) is 5.73 Å². The molecule has 22 heavy (non-hydrogen) atoms. The first-order chi connectivity index (χ1) is 10.8. The van der Waals surface area contributed by atoms with E-state index in [1.165, 1.54) is 44.3 Å². The average Bonchev–Trinajstić information content (AvgIpc) is 2.69. The summed E-state index contributed by atoms with van der Waals surface area (Å²) < 4.78 is 2.32. The van der Waals surface area contributed by atoms with Crippen LogP contribution in [-0.4, -0.2) is 33.8 Å². The number of guanidine groups is 1. The normalized spacial score (nSPS) is 19.4. The minimum Gasteiger partial charge on any atom is -0.370 e. The molecule has 6 heteroatoms. The summed E-state index contributed by atoms with van der Waals surface area (Å²) in [7, 11) is 0. The highest BCUT2D eigenvalue weighted by atomic mass is 15.3. The summed E-state index contributed by atoms with van der Waals surface area (Å²) in [4.78, 5) is 4.41. The van der Waals surface area contributed by atoms with E-state index in [9.17, 15) is 0 Å². The third-order valence-corrected chi connectivity index (χ3v) is 4.81. The van der Waals surface area contributed by atoms with E-state index in [0.717, 1.165) is 50.6 Å². The van der Waals surface area contributed by atoms with Crippen molar-refractivity contribution < 1.29 is 0 Å². The van der Waals surface area contributed by atoms with Gasteiger partial charge in [-0.25, -0.2) is 0 Å². The summed E-state index contributed by atoms with van der Waals surface area (Å²) in [6.45, 7) is 2.81. The van der Waals surface area contributed by atoms with Gasteiger partial charge in [0.15, 0.2) is 5.96 Å². The van der Waals surface area contributed by atoms with Gasteiger partial charge in [-0.2, -0.15) is 0 Å². The lowest BCUT2D eigenvalue weighted by Crippen LogP contribution is -2.33. The highest BCUT2D eigenvalue weighted by Crippen LogP contribution is 2.26. The lowest BCUT2D eigenvalue weighted by Gasteiger charge is -2.23. The molecule has 0 spiro atoms. The zero-order chi connectivity index (χ0) is 15.2. The van der Waals surface area contributed by atoms with E-state index >= 15 is 0 Å². The third-order valence-electron chi connectivity index (χ3n) is 4.81. The van der Waals surface area contributed by atoms with Gasteiger partial charge >= 0.3 is 0 Å². The van der Waals surface area contributed by atoms with Crippen LogP contribution < -0.4 is 11.1 Å². The first-order valence-corrected chi connectivity index (χ1v) is 8.77. The molecule has 0 bridgehead atoms. The van der Waals surface area contributed by atoms with Crippen molar-refractivity contribution in [3.8, 4) is 0 Å². The number of nitrogens with one attached hydrogen (secondary N) is 1. The molecule has 0 aromatic carbocycles. The molecule has 0 saturated heterocycles. The molecule has 122 valence electrons. The fourth-order valence-electron chi connectivity index (χ4n) is 3.15. The smallest absolute Gasteiger partial charge is 0.188 e. The first-order valence-electron chi connectivity index (χ1n) is 8.77. The summed E-state index contributed by atoms with van der Waals surface area (Å²) >= 11 is 0. The highest BCUT2D eigenvalue weighted by molar-refractivity contribution is 5.77. The van der Waals surface area contributed by atoms with Crippen molar-refractivity contribution in [3.63, 3.8) is 0 Å². The van der Waals surface area contributed by atoms with Gasteiger partial charge in [0.25, 0.3) is 0 Å². The van der Waals surface area contributed by atoms with E-state index in [1.54, 1.807) is 0 Å². The molecule has 0 unspecified atom stereocenters. The van der Waals surface area contributed by atoms with E-state index in [-0.39, 0.29) is 0 Å². The number of nitrogens with zero attached hydrogens (tertiary/aromatic N) is 4. The lowest BCUT2D eigenvalue weighted by molar-refractivity contribution is 0.326. The maximum atomic E-state index is 5.90. The van der Waals surface area contributed by atoms with Crippen molar-refractivity contribution in [2.75, 3.05) is 13.1 Å². The Bertz CT molecular complexity index is 503. The van der Waals surface area contributed by atoms with E-state index in [0.29, 0.717) is 5.96 Å². The van der Waals surface area contributed by atoms with Crippen LogP contribution in [0.4, 0.5) is 0 Å². The van der Waals surface area contributed by atoms with Crippen LogP contribution in [0.2, 0.25) is 0 Å². The van der Waals surface area contributed by atoms with Crippen molar-refractivity contribution in [3.05, 3.63) is 11.6 Å². The molecule has 2 aliphatic rings. The predicted molar refractivity (Wildman–Crippen MR) is 87.7 cm³/mol. The standard InChI is InChI=1S/C16H28N6/c17-16(19-12-13-6-4-7-13)18-10-5-9-15-21-20-14-8-2-1-3-11-22(14)15/h13H,1-12H2,(H3,17,18,19). The number of hydrogen-bond acceptors (Lipinski definition) is 3. The van der Waals surface area contributed by atoms with E-state index < -0.39 is 0 Å². The Morgan fingerprint density at radius 2 is 2.14 bits per heavy atom. The molecule has 2 heterocycles. The predicted octanol–water partition coefficient (Wildman–Crippen LogP) is 1.64. The SMILES string of the molecule is NC(=NCC1CCC1)NCCCc1nnc2n1CCCCC2. The fraction of sp³-hybridized carbons (Fsp3) is 0.812. The summed E-state index contributed by atoms with van der Waals surface area (Å²) in [5.74, 6) is 3.66. The van der Waals surface area contributed by atoms with Gasteiger partial charge in [-0.05, 0) is 38.0 Å². The lowest BCUT2D eigenvalue weighted by atomic mass is 9.86. The van der Waals surface area contributed by atoms with Crippen molar-refractivity contribution in [2.24, 2.45) is 16.6 Å². The largest absolute Gasteiger partial charge is 0.370 e. The Hall–Kier alpha value is -1.59. The maximum absolute atomic E-state index is 5.90. The number of aromatic nitrogens is 3. The third kappa shape index (κ3) is 3.99. The average molecular weight is 304 g/mol. The second-order valence-electron chi connectivity index (χ2n) is 6.55. The minimum absolute atomic E-state index is 0.590. The number of hydrogen-bond donors (Lipinski definition) is 2. The van der Waals surface area contributed by atoms with Gasteiger partial charge in [-0.1, -0.05) is 12.8 Å². The Morgan fingerprint density at radius 3 is 2.95 bits per heavy atom. The summed E-state index contributed by atoms with van der Waals surface area (Å²) in [5, 5.41) is 11.9. The minimum atomic E-state index is 0.590. The molecule has 1 aromatic rings. The van der Waals surface area contributed by atoms with Gasteiger partial charge in [0.2, 0.25) is 0 Å². The Morgan fingerprint density at radius 1 is 1.23 bits per heavy atom. The summed E-state index contributed by atoms with van der Waals surface area (Å²) in [6.07, 6.45) is 10.8. The quantitative estimate of drug-likeness (QED) is 0.475. The zero-order valence-corrected chi connectivity index (χ0v) is 13.4. The summed E-state index contributed by atoms with van der Waals surface area (Å²) in [5.41, 5.74) is 5.90. The second kappa shape index (κ2) is 7.61. The van der Waals surface area contributed by atoms with Crippen LogP contribution in [0.25, 0.3) is 0 Å². The van der Waals surface area contributed by atoms with Gasteiger partial charge in [0.05, 0.1) is 0 Å². The molecule has 0 amide bonds. The molecule has 6 nitrogen and oxygen atoms in total. The molecule has 1 aliphatic heterocycles. The number of rotatable bonds is 6. The monoisotopic (exact) mass is 304 g/mol. The summed E-state index contributed by atoms with van der Waals surface area (Å²) in [6, 6.07) is 0. The van der Waals surface area contributed by atoms with Crippen molar-refractivity contribution in [1.29, 1.82) is 0 Å². The van der Waals surface area contributed by atoms with Crippen LogP contribution in [0.15, 0.2) is 4.99 Å². The van der Waals surface area contributed by atoms with Crippen LogP contribution in [0, 0.1) is 5.92 Å². The molecule has 1 aromatic heterocycles. The van der Waals surface area contributed by atoms with E-state index in [1.807, 2.05) is 0 Å². The molecular formula is C16H28N6. The Labute approximate surface area is 132 Å². The van der Waals surface area contributed by atoms with Gasteiger partial charge in [-0.3, -0.25) is 4.99 Å². The molecule has 3 rings (SSSR count). The van der Waals surface area contributed by atoms with Gasteiger partial charge in [0.1, 0.15) is 11.6 Å². The Balaban J connectivity index is 1.38. The zero-order valence-electron chi connectivity index (χ0n) is 13.4. The molecule has 0 radical (unpaired) electrons. The molecule has 1 fully saturated rings. The van der Waals surface area contributed by atoms with Gasteiger partial charge in [0, 0.05) is 32.5 Å². The number of fused-ring (bicyclic) bond motifs is 1. The Kier molecular flexibility index (Phi) is 5.29. The van der Waals surface area contributed by atoms with Crippen LogP contribution >= 0.6 is 0 Å². The van der Waals surface area contributed by atoms with Crippen LogP contribution in [0.3, 0.4) is 0 Å². The van der Waals surface area contributed by atoms with Gasteiger partial charge in [-0.15, -0.1) is 10.2 Å². The van der Waals surface area contributed by atoms with Crippen LogP contribution in [0.5, 0.6) is 0 Å². The van der Waals surface area contributed by atoms with Crippen molar-refractivity contribution in [1.82, 2.24) is 20.1 Å². The number of nitrogens with two attached hydrogens (primary N) is 1. The van der Waals surface area contributed by atoms with Gasteiger partial charge < -0.3 is 15.6 Å². The van der Waals surface area contributed by atoms with E-state index in [2.05, 4.69) is 25.1 Å². The maximum Gasteiger partial charge on any atom is 0.188 e. The first kappa shape index (κ1) is 15.3. The second-order valence-corrected chi connectivity index (χ2v) is 6.55. The van der Waals surface area contributed by atoms with Crippen molar-refractivity contribution >= 4 is 5.96 Å². The number of aliphatic imine (C=N–C) groups is 1. The molecule has 1 aliphatic carbocycles. The van der Waals surface area contributed by atoms with Crippen molar-refractivity contribution in [2.45, 2.75) is 64.3 Å².